The molecule has 25 heavy (non-hydrogen) atoms. The molecule has 7 nitrogen and oxygen atoms in total. The van der Waals surface area contributed by atoms with Crippen LogP contribution in [0.3, 0.4) is 0 Å². The second kappa shape index (κ2) is 6.83. The normalized spacial score (nSPS) is 18.4. The molecular weight excluding hydrogens is 385 g/mol. The van der Waals surface area contributed by atoms with Crippen LogP contribution < -0.4 is 10.2 Å². The van der Waals surface area contributed by atoms with Gasteiger partial charge >= 0.3 is 6.09 Å². The highest BCUT2D eigenvalue weighted by molar-refractivity contribution is 8.13. The van der Waals surface area contributed by atoms with E-state index in [9.17, 15) is 4.79 Å². The number of nitrogens with one attached hydrogen (secondary N) is 1. The van der Waals surface area contributed by atoms with Gasteiger partial charge in [0.2, 0.25) is 0 Å². The summed E-state index contributed by atoms with van der Waals surface area (Å²) in [5.74, 6) is 0. The van der Waals surface area contributed by atoms with Crippen molar-refractivity contribution in [3.8, 4) is 6.19 Å². The molecule has 1 aromatic rings. The Balaban J connectivity index is 1.73. The molecule has 10 heteroatoms. The van der Waals surface area contributed by atoms with E-state index in [1.807, 2.05) is 6.19 Å². The standard InChI is InChI=1S/C15H15Cl2N5O2S/c1-25-13(19-8-18)20-9-2-10(16)12(11(17)3-9)21-4-15(5-21)6-22(7-15)14(23)24/h2-3H,4-7H2,1H3,(H,19,20)(H,23,24). The lowest BCUT2D eigenvalue weighted by molar-refractivity contribution is -0.00940. The second-order valence-corrected chi connectivity index (χ2v) is 7.72. The van der Waals surface area contributed by atoms with Crippen molar-refractivity contribution < 1.29 is 9.90 Å². The number of hydrogen-bond acceptors (Lipinski definition) is 5. The Kier molecular flexibility index (Phi) is 4.91. The van der Waals surface area contributed by atoms with Gasteiger partial charge in [0.25, 0.3) is 0 Å². The van der Waals surface area contributed by atoms with Crippen LogP contribution >= 0.6 is 35.0 Å². The van der Waals surface area contributed by atoms with Crippen molar-refractivity contribution in [3.05, 3.63) is 22.2 Å². The van der Waals surface area contributed by atoms with Gasteiger partial charge in [-0.3, -0.25) is 5.32 Å². The van der Waals surface area contributed by atoms with Crippen molar-refractivity contribution in [2.75, 3.05) is 37.3 Å². The third-order valence-corrected chi connectivity index (χ3v) is 5.44. The van der Waals surface area contributed by atoms with Gasteiger partial charge in [-0.1, -0.05) is 35.0 Å². The predicted molar refractivity (Wildman–Crippen MR) is 100 cm³/mol. The average molecular weight is 400 g/mol. The van der Waals surface area contributed by atoms with Gasteiger partial charge in [-0.2, -0.15) is 5.26 Å². The number of likely N-dealkylation sites (tertiary alicyclic amines) is 1. The van der Waals surface area contributed by atoms with Crippen LogP contribution in [0.15, 0.2) is 17.1 Å². The van der Waals surface area contributed by atoms with Crippen LogP contribution in [-0.2, 0) is 0 Å². The van der Waals surface area contributed by atoms with Crippen LogP contribution in [0.2, 0.25) is 10.0 Å². The highest BCUT2D eigenvalue weighted by atomic mass is 35.5. The van der Waals surface area contributed by atoms with Crippen molar-refractivity contribution >= 4 is 57.6 Å². The van der Waals surface area contributed by atoms with Crippen molar-refractivity contribution in [3.63, 3.8) is 0 Å². The number of aliphatic imine (C=N–C) groups is 1. The lowest BCUT2D eigenvalue weighted by atomic mass is 9.73. The molecule has 3 rings (SSSR count). The van der Waals surface area contributed by atoms with E-state index in [4.69, 9.17) is 33.6 Å². The number of nitrogens with zero attached hydrogens (tertiary/aromatic N) is 4. The van der Waals surface area contributed by atoms with Gasteiger partial charge in [-0.15, -0.1) is 0 Å². The topological polar surface area (TPSA) is 92.0 Å². The number of amidine groups is 1. The summed E-state index contributed by atoms with van der Waals surface area (Å²) in [4.78, 5) is 18.7. The van der Waals surface area contributed by atoms with E-state index in [1.165, 1.54) is 16.7 Å². The lowest BCUT2D eigenvalue weighted by Crippen LogP contribution is -2.73. The zero-order valence-corrected chi connectivity index (χ0v) is 15.6. The highest BCUT2D eigenvalue weighted by Crippen LogP contribution is 2.47. The van der Waals surface area contributed by atoms with E-state index in [2.05, 4.69) is 15.2 Å². The Labute approximate surface area is 159 Å². The van der Waals surface area contributed by atoms with Gasteiger partial charge in [0.1, 0.15) is 0 Å². The summed E-state index contributed by atoms with van der Waals surface area (Å²) in [6, 6.07) is 3.40. The van der Waals surface area contributed by atoms with E-state index in [1.54, 1.807) is 18.4 Å². The highest BCUT2D eigenvalue weighted by Gasteiger charge is 2.53. The molecule has 2 fully saturated rings. The maximum absolute atomic E-state index is 10.9. The molecule has 0 saturated carbocycles. The van der Waals surface area contributed by atoms with E-state index < -0.39 is 6.09 Å². The molecular formula is C15H15Cl2N5O2S. The number of rotatable bonds is 2. The van der Waals surface area contributed by atoms with Crippen molar-refractivity contribution in [2.24, 2.45) is 10.4 Å². The SMILES string of the molecule is CSC(=Nc1cc(Cl)c(N2CC3(CN(C(=O)O)C3)C2)c(Cl)c1)NC#N. The Morgan fingerprint density at radius 2 is 1.96 bits per heavy atom. The minimum atomic E-state index is -0.877. The zero-order valence-electron chi connectivity index (χ0n) is 13.3. The fourth-order valence-corrected chi connectivity index (χ4v) is 4.29. The van der Waals surface area contributed by atoms with E-state index in [0.717, 1.165) is 18.8 Å². The fraction of sp³-hybridized carbons (Fsp3) is 0.400. The van der Waals surface area contributed by atoms with Gasteiger partial charge in [-0.05, 0) is 18.4 Å². The second-order valence-electron chi connectivity index (χ2n) is 6.11. The molecule has 2 heterocycles. The average Bonchev–Trinajstić information content (AvgIpc) is 2.45. The third kappa shape index (κ3) is 3.45. The summed E-state index contributed by atoms with van der Waals surface area (Å²) >= 11 is 14.1. The van der Waals surface area contributed by atoms with E-state index >= 15 is 0 Å². The maximum Gasteiger partial charge on any atom is 0.407 e. The van der Waals surface area contributed by atoms with E-state index in [-0.39, 0.29) is 5.41 Å². The number of amides is 1. The maximum atomic E-state index is 10.9. The molecule has 1 spiro atoms. The monoisotopic (exact) mass is 399 g/mol. The van der Waals surface area contributed by atoms with Crippen LogP contribution in [0, 0.1) is 16.9 Å². The molecule has 1 amide bonds. The molecule has 2 saturated heterocycles. The summed E-state index contributed by atoms with van der Waals surface area (Å²) in [5.41, 5.74) is 1.31. The number of benzene rings is 1. The molecule has 2 N–H and O–H groups in total. The lowest BCUT2D eigenvalue weighted by Gasteiger charge is -2.60. The van der Waals surface area contributed by atoms with Gasteiger partial charge in [0, 0.05) is 31.6 Å². The molecule has 2 aliphatic heterocycles. The largest absolute Gasteiger partial charge is 0.465 e. The van der Waals surface area contributed by atoms with Crippen molar-refractivity contribution in [1.82, 2.24) is 10.2 Å². The predicted octanol–water partition coefficient (Wildman–Crippen LogP) is 3.21. The van der Waals surface area contributed by atoms with Crippen molar-refractivity contribution in [2.45, 2.75) is 0 Å². The molecule has 2 aliphatic rings. The van der Waals surface area contributed by atoms with Crippen molar-refractivity contribution in [1.29, 1.82) is 5.26 Å². The Morgan fingerprint density at radius 1 is 1.36 bits per heavy atom. The number of carboxylic acid groups (broad SMARTS) is 1. The summed E-state index contributed by atoms with van der Waals surface area (Å²) in [6.07, 6.45) is 2.76. The first-order valence-electron chi connectivity index (χ1n) is 7.37. The molecule has 0 unspecified atom stereocenters. The first-order chi connectivity index (χ1) is 11.9. The minimum Gasteiger partial charge on any atom is -0.465 e. The summed E-state index contributed by atoms with van der Waals surface area (Å²) in [7, 11) is 0. The summed E-state index contributed by atoms with van der Waals surface area (Å²) in [5, 5.41) is 21.5. The Bertz CT molecular complexity index is 758. The van der Waals surface area contributed by atoms with Crippen LogP contribution in [0.4, 0.5) is 16.2 Å². The number of halogens is 2. The minimum absolute atomic E-state index is 0.0185. The Hall–Kier alpha value is -1.82. The van der Waals surface area contributed by atoms with Gasteiger partial charge in [0.15, 0.2) is 11.4 Å². The number of hydrogen-bond donors (Lipinski definition) is 2. The molecule has 0 atom stereocenters. The summed E-state index contributed by atoms with van der Waals surface area (Å²) in [6.45, 7) is 2.55. The zero-order chi connectivity index (χ0) is 18.2. The van der Waals surface area contributed by atoms with Gasteiger partial charge in [-0.25, -0.2) is 9.79 Å². The smallest absolute Gasteiger partial charge is 0.407 e. The Morgan fingerprint density at radius 3 is 2.44 bits per heavy atom. The van der Waals surface area contributed by atoms with Crippen LogP contribution in [0.5, 0.6) is 0 Å². The van der Waals surface area contributed by atoms with Gasteiger partial charge in [0.05, 0.1) is 21.4 Å². The third-order valence-electron chi connectivity index (χ3n) is 4.28. The first-order valence-corrected chi connectivity index (χ1v) is 9.35. The van der Waals surface area contributed by atoms with Crippen LogP contribution in [-0.4, -0.2) is 53.7 Å². The molecule has 0 aliphatic carbocycles. The van der Waals surface area contributed by atoms with Crippen LogP contribution in [0.1, 0.15) is 0 Å². The van der Waals surface area contributed by atoms with Gasteiger partial charge < -0.3 is 14.9 Å². The number of carbonyl (C=O) groups is 1. The molecule has 1 aromatic carbocycles. The number of nitriles is 1. The first kappa shape index (κ1) is 18.0. The molecule has 0 aromatic heterocycles. The quantitative estimate of drug-likeness (QED) is 0.343. The molecule has 0 bridgehead atoms. The summed E-state index contributed by atoms with van der Waals surface area (Å²) < 4.78 is 0. The fourth-order valence-electron chi connectivity index (χ4n) is 3.23. The van der Waals surface area contributed by atoms with Crippen LogP contribution in [0.25, 0.3) is 0 Å². The number of anilines is 1. The molecule has 132 valence electrons. The van der Waals surface area contributed by atoms with E-state index in [0.29, 0.717) is 34.0 Å². The number of thioether (sulfide) groups is 1. The molecule has 0 radical (unpaired) electrons.